The average molecular weight is 409 g/mol. The van der Waals surface area contributed by atoms with Crippen LogP contribution in [0, 0.1) is 16.7 Å². The molecule has 0 bridgehead atoms. The maximum Gasteiger partial charge on any atom is 0.326 e. The minimum atomic E-state index is -1.19. The van der Waals surface area contributed by atoms with Gasteiger partial charge in [-0.15, -0.1) is 0 Å². The summed E-state index contributed by atoms with van der Waals surface area (Å²) in [6.07, 6.45) is 2.86. The Kier molecular flexibility index (Phi) is 6.25. The van der Waals surface area contributed by atoms with Crippen molar-refractivity contribution in [3.63, 3.8) is 0 Å². The Hall–Kier alpha value is -3.14. The van der Waals surface area contributed by atoms with E-state index in [-0.39, 0.29) is 24.7 Å². The van der Waals surface area contributed by atoms with Crippen LogP contribution < -0.4 is 0 Å². The third-order valence-electron chi connectivity index (χ3n) is 6.53. The lowest BCUT2D eigenvalue weighted by Gasteiger charge is -2.45. The minimum absolute atomic E-state index is 0.00388. The predicted octanol–water partition coefficient (Wildman–Crippen LogP) is 2.04. The first-order valence-electron chi connectivity index (χ1n) is 10.2. The van der Waals surface area contributed by atoms with E-state index in [1.165, 1.54) is 13.2 Å². The zero-order valence-corrected chi connectivity index (χ0v) is 17.3. The van der Waals surface area contributed by atoms with Gasteiger partial charge in [0.15, 0.2) is 5.41 Å². The summed E-state index contributed by atoms with van der Waals surface area (Å²) < 4.78 is 4.82. The number of hydrogen-bond acceptors (Lipinski definition) is 5. The number of likely N-dealkylation sites (tertiary alicyclic amines) is 2. The molecular formula is C23H27N3O4. The second-order valence-electron chi connectivity index (χ2n) is 7.96. The number of benzene rings is 1. The van der Waals surface area contributed by atoms with Gasteiger partial charge in [0.25, 0.3) is 0 Å². The summed E-state index contributed by atoms with van der Waals surface area (Å²) in [7, 11) is 1.28. The Morgan fingerprint density at radius 1 is 1.03 bits per heavy atom. The van der Waals surface area contributed by atoms with E-state index in [9.17, 15) is 19.6 Å². The zero-order valence-electron chi connectivity index (χ0n) is 17.3. The molecule has 0 aromatic heterocycles. The Balaban J connectivity index is 1.83. The Morgan fingerprint density at radius 2 is 1.60 bits per heavy atom. The SMILES string of the molecule is C=CC(=O)N1CCC(C(=O)N2CCC(C#N)(C(=O)OC)CC2)(c2ccccc2)CC1. The van der Waals surface area contributed by atoms with Crippen LogP contribution in [0.5, 0.6) is 0 Å². The van der Waals surface area contributed by atoms with Gasteiger partial charge in [0.2, 0.25) is 11.8 Å². The molecule has 7 nitrogen and oxygen atoms in total. The Bertz CT molecular complexity index is 858. The fourth-order valence-corrected chi connectivity index (χ4v) is 4.57. The first-order valence-corrected chi connectivity index (χ1v) is 10.2. The highest BCUT2D eigenvalue weighted by Gasteiger charge is 2.49. The molecule has 1 aromatic carbocycles. The van der Waals surface area contributed by atoms with Gasteiger partial charge < -0.3 is 14.5 Å². The highest BCUT2D eigenvalue weighted by molar-refractivity contribution is 5.91. The lowest BCUT2D eigenvalue weighted by molar-refractivity contribution is -0.155. The van der Waals surface area contributed by atoms with Gasteiger partial charge in [0.1, 0.15) is 0 Å². The quantitative estimate of drug-likeness (QED) is 0.561. The fourth-order valence-electron chi connectivity index (χ4n) is 4.57. The molecule has 0 N–H and O–H groups in total. The molecule has 2 amide bonds. The van der Waals surface area contributed by atoms with Gasteiger partial charge >= 0.3 is 5.97 Å². The number of carbonyl (C=O) groups is 3. The first-order chi connectivity index (χ1) is 14.4. The molecule has 7 heteroatoms. The van der Waals surface area contributed by atoms with Gasteiger partial charge in [-0.1, -0.05) is 36.9 Å². The predicted molar refractivity (Wildman–Crippen MR) is 110 cm³/mol. The largest absolute Gasteiger partial charge is 0.468 e. The molecule has 0 unspecified atom stereocenters. The average Bonchev–Trinajstić information content (AvgIpc) is 2.83. The number of carbonyl (C=O) groups excluding carboxylic acids is 3. The van der Waals surface area contributed by atoms with Crippen molar-refractivity contribution in [1.82, 2.24) is 9.80 Å². The second kappa shape index (κ2) is 8.70. The number of hydrogen-bond donors (Lipinski definition) is 0. The van der Waals surface area contributed by atoms with E-state index >= 15 is 0 Å². The molecule has 2 fully saturated rings. The molecule has 30 heavy (non-hydrogen) atoms. The van der Waals surface area contributed by atoms with E-state index in [1.54, 1.807) is 9.80 Å². The topological polar surface area (TPSA) is 90.7 Å². The van der Waals surface area contributed by atoms with Crippen molar-refractivity contribution in [2.75, 3.05) is 33.3 Å². The molecule has 0 radical (unpaired) electrons. The van der Waals surface area contributed by atoms with Crippen LogP contribution in [0.3, 0.4) is 0 Å². The number of nitrogens with zero attached hydrogens (tertiary/aromatic N) is 3. The molecule has 158 valence electrons. The van der Waals surface area contributed by atoms with Crippen LogP contribution in [0.2, 0.25) is 0 Å². The van der Waals surface area contributed by atoms with E-state index in [4.69, 9.17) is 4.74 Å². The molecule has 2 saturated heterocycles. The lowest BCUT2D eigenvalue weighted by Crippen LogP contribution is -2.56. The maximum absolute atomic E-state index is 13.8. The van der Waals surface area contributed by atoms with Crippen LogP contribution in [0.15, 0.2) is 43.0 Å². The van der Waals surface area contributed by atoms with Crippen LogP contribution in [-0.4, -0.2) is 60.9 Å². The van der Waals surface area contributed by atoms with Crippen LogP contribution in [0.4, 0.5) is 0 Å². The van der Waals surface area contributed by atoms with E-state index in [0.717, 1.165) is 5.56 Å². The molecule has 0 atom stereocenters. The number of rotatable bonds is 4. The summed E-state index contributed by atoms with van der Waals surface area (Å²) >= 11 is 0. The standard InChI is InChI=1S/C23H27N3O4/c1-3-19(27)25-15-11-23(12-16-25,18-7-5-4-6-8-18)20(28)26-13-9-22(17-24,10-14-26)21(29)30-2/h3-8H,1,9-16H2,2H3. The van der Waals surface area contributed by atoms with Crippen molar-refractivity contribution >= 4 is 17.8 Å². The van der Waals surface area contributed by atoms with Gasteiger partial charge in [-0.2, -0.15) is 5.26 Å². The maximum atomic E-state index is 13.8. The lowest BCUT2D eigenvalue weighted by atomic mass is 9.70. The summed E-state index contributed by atoms with van der Waals surface area (Å²) in [6, 6.07) is 11.8. The summed E-state index contributed by atoms with van der Waals surface area (Å²) in [5.41, 5.74) is -0.978. The van der Waals surface area contributed by atoms with Crippen LogP contribution in [-0.2, 0) is 24.5 Å². The molecule has 0 spiro atoms. The molecule has 2 aliphatic rings. The third kappa shape index (κ3) is 3.70. The molecule has 1 aromatic rings. The number of amides is 2. The normalized spacial score (nSPS) is 20.0. The van der Waals surface area contributed by atoms with Crippen LogP contribution in [0.25, 0.3) is 0 Å². The van der Waals surface area contributed by atoms with Crippen molar-refractivity contribution in [3.05, 3.63) is 48.6 Å². The summed E-state index contributed by atoms with van der Waals surface area (Å²) in [5, 5.41) is 9.55. The van der Waals surface area contributed by atoms with E-state index in [0.29, 0.717) is 39.0 Å². The van der Waals surface area contributed by atoms with Crippen molar-refractivity contribution in [1.29, 1.82) is 5.26 Å². The smallest absolute Gasteiger partial charge is 0.326 e. The Morgan fingerprint density at radius 3 is 2.10 bits per heavy atom. The van der Waals surface area contributed by atoms with Crippen molar-refractivity contribution < 1.29 is 19.1 Å². The first kappa shape index (κ1) is 21.6. The van der Waals surface area contributed by atoms with Gasteiger partial charge in [0, 0.05) is 26.2 Å². The second-order valence-corrected chi connectivity index (χ2v) is 7.96. The Labute approximate surface area is 176 Å². The highest BCUT2D eigenvalue weighted by atomic mass is 16.5. The number of piperidine rings is 2. The van der Waals surface area contributed by atoms with Crippen molar-refractivity contribution in [3.8, 4) is 6.07 Å². The van der Waals surface area contributed by atoms with Crippen molar-refractivity contribution in [2.24, 2.45) is 5.41 Å². The van der Waals surface area contributed by atoms with E-state index in [2.05, 4.69) is 12.6 Å². The molecule has 0 aliphatic carbocycles. The molecule has 2 aliphatic heterocycles. The number of ether oxygens (including phenoxy) is 1. The molecular weight excluding hydrogens is 382 g/mol. The van der Waals surface area contributed by atoms with Gasteiger partial charge in [-0.25, -0.2) is 0 Å². The van der Waals surface area contributed by atoms with Gasteiger partial charge in [-0.05, 0) is 37.3 Å². The van der Waals surface area contributed by atoms with Crippen molar-refractivity contribution in [2.45, 2.75) is 31.1 Å². The monoisotopic (exact) mass is 409 g/mol. The number of methoxy groups -OCH3 is 1. The van der Waals surface area contributed by atoms with E-state index < -0.39 is 16.8 Å². The van der Waals surface area contributed by atoms with Gasteiger partial charge in [-0.3, -0.25) is 14.4 Å². The summed E-state index contributed by atoms with van der Waals surface area (Å²) in [6.45, 7) is 5.15. The summed E-state index contributed by atoms with van der Waals surface area (Å²) in [4.78, 5) is 41.4. The van der Waals surface area contributed by atoms with Crippen LogP contribution in [0.1, 0.15) is 31.2 Å². The molecule has 0 saturated carbocycles. The molecule has 2 heterocycles. The fraction of sp³-hybridized carbons (Fsp3) is 0.478. The summed E-state index contributed by atoms with van der Waals surface area (Å²) in [5.74, 6) is -0.666. The number of nitriles is 1. The van der Waals surface area contributed by atoms with Gasteiger partial charge in [0.05, 0.1) is 18.6 Å². The number of esters is 1. The third-order valence-corrected chi connectivity index (χ3v) is 6.53. The van der Waals surface area contributed by atoms with Crippen LogP contribution >= 0.6 is 0 Å². The zero-order chi connectivity index (χ0) is 21.8. The highest BCUT2D eigenvalue weighted by Crippen LogP contribution is 2.40. The minimum Gasteiger partial charge on any atom is -0.468 e. The van der Waals surface area contributed by atoms with E-state index in [1.807, 2.05) is 30.3 Å². The molecule has 3 rings (SSSR count).